The van der Waals surface area contributed by atoms with Gasteiger partial charge in [0.05, 0.1) is 42.4 Å². The van der Waals surface area contributed by atoms with Gasteiger partial charge in [0.1, 0.15) is 29.0 Å². The number of aromatic nitrogens is 4. The molecule has 2 aromatic heterocycles. The zero-order valence-electron chi connectivity index (χ0n) is 22.6. The summed E-state index contributed by atoms with van der Waals surface area (Å²) in [5.41, 5.74) is -1.04. The Kier molecular flexibility index (Phi) is 6.17. The van der Waals surface area contributed by atoms with E-state index in [1.807, 2.05) is 0 Å². The summed E-state index contributed by atoms with van der Waals surface area (Å²) in [7, 11) is 0. The van der Waals surface area contributed by atoms with Crippen LogP contribution in [0.25, 0.3) is 16.0 Å². The molecule has 0 N–H and O–H groups in total. The van der Waals surface area contributed by atoms with Crippen molar-refractivity contribution in [2.24, 2.45) is 11.8 Å². The molecule has 1 unspecified atom stereocenters. The second-order valence-electron chi connectivity index (χ2n) is 11.5. The molecule has 212 valence electrons. The number of hydrogen-bond donors (Lipinski definition) is 0. The van der Waals surface area contributed by atoms with Crippen LogP contribution < -0.4 is 4.90 Å². The van der Waals surface area contributed by atoms with Crippen molar-refractivity contribution in [2.75, 3.05) is 24.5 Å². The van der Waals surface area contributed by atoms with E-state index < -0.39 is 41.1 Å². The Labute approximate surface area is 234 Å². The van der Waals surface area contributed by atoms with E-state index in [4.69, 9.17) is 16.0 Å². The van der Waals surface area contributed by atoms with Gasteiger partial charge < -0.3 is 19.2 Å². The van der Waals surface area contributed by atoms with Crippen LogP contribution in [-0.4, -0.2) is 68.4 Å². The van der Waals surface area contributed by atoms with Gasteiger partial charge in [0, 0.05) is 31.0 Å². The van der Waals surface area contributed by atoms with Crippen LogP contribution >= 0.6 is 0 Å². The quantitative estimate of drug-likeness (QED) is 0.427. The number of piperidine rings is 1. The van der Waals surface area contributed by atoms with Crippen molar-refractivity contribution >= 4 is 17.9 Å². The molecule has 1 saturated carbocycles. The number of fused-ring (bicyclic) bond motifs is 1. The standard InChI is InChI=1S/C28H27F2N7O4/c1-27(2,3)41-25(38)35-14-19-20(15-35)28(19,31-4)23-6-5-16(11-32-23)24-21(29)9-17(10-22(24)30)37-13-18(40-26(37)39)12-36-8-7-33-34-36/h5-11,18-20H,12-15H2,1-3H3/t18-,19-,20+,28?/m0/s1. The zero-order chi connectivity index (χ0) is 29.1. The van der Waals surface area contributed by atoms with Gasteiger partial charge in [-0.1, -0.05) is 11.3 Å². The second-order valence-corrected chi connectivity index (χ2v) is 11.5. The fourth-order valence-corrected chi connectivity index (χ4v) is 5.82. The maximum atomic E-state index is 15.2. The van der Waals surface area contributed by atoms with E-state index >= 15 is 8.78 Å². The Morgan fingerprint density at radius 1 is 1.20 bits per heavy atom. The van der Waals surface area contributed by atoms with Gasteiger partial charge >= 0.3 is 12.2 Å². The molecule has 6 rings (SSSR count). The van der Waals surface area contributed by atoms with Gasteiger partial charge in [-0.25, -0.2) is 29.6 Å². The minimum absolute atomic E-state index is 0.0340. The van der Waals surface area contributed by atoms with E-state index in [1.165, 1.54) is 28.0 Å². The van der Waals surface area contributed by atoms with Gasteiger partial charge in [-0.15, -0.1) is 5.10 Å². The largest absolute Gasteiger partial charge is 0.444 e. The first-order valence-corrected chi connectivity index (χ1v) is 13.1. The first kappa shape index (κ1) is 26.6. The number of hydrogen-bond acceptors (Lipinski definition) is 7. The number of nitrogens with zero attached hydrogens (tertiary/aromatic N) is 7. The zero-order valence-corrected chi connectivity index (χ0v) is 22.6. The van der Waals surface area contributed by atoms with Gasteiger partial charge in [-0.05, 0) is 39.0 Å². The molecule has 41 heavy (non-hydrogen) atoms. The van der Waals surface area contributed by atoms with E-state index in [0.717, 1.165) is 12.1 Å². The highest BCUT2D eigenvalue weighted by atomic mass is 19.1. The molecule has 4 atom stereocenters. The van der Waals surface area contributed by atoms with Gasteiger partial charge in [-0.3, -0.25) is 9.88 Å². The van der Waals surface area contributed by atoms with E-state index in [-0.39, 0.29) is 41.7 Å². The molecule has 0 spiro atoms. The van der Waals surface area contributed by atoms with Crippen LogP contribution in [-0.2, 0) is 21.6 Å². The lowest BCUT2D eigenvalue weighted by Gasteiger charge is -2.26. The van der Waals surface area contributed by atoms with Crippen LogP contribution in [0, 0.1) is 30.0 Å². The number of amides is 2. The van der Waals surface area contributed by atoms with E-state index in [2.05, 4.69) is 20.1 Å². The molecule has 4 heterocycles. The van der Waals surface area contributed by atoms with Gasteiger partial charge in [0.15, 0.2) is 0 Å². The molecule has 3 fully saturated rings. The van der Waals surface area contributed by atoms with Crippen LogP contribution in [0.15, 0.2) is 42.9 Å². The molecule has 0 bridgehead atoms. The van der Waals surface area contributed by atoms with Crippen molar-refractivity contribution in [2.45, 2.75) is 44.6 Å². The Balaban J connectivity index is 1.16. The Hall–Kier alpha value is -4.60. The van der Waals surface area contributed by atoms with Gasteiger partial charge in [0.25, 0.3) is 5.54 Å². The molecule has 2 amide bonds. The summed E-state index contributed by atoms with van der Waals surface area (Å²) in [6.07, 6.45) is 2.79. The molecule has 0 radical (unpaired) electrons. The summed E-state index contributed by atoms with van der Waals surface area (Å²) in [6.45, 7) is 14.4. The minimum Gasteiger partial charge on any atom is -0.444 e. The summed E-state index contributed by atoms with van der Waals surface area (Å²) in [6, 6.07) is 5.32. The Morgan fingerprint density at radius 3 is 2.46 bits per heavy atom. The van der Waals surface area contributed by atoms with Crippen LogP contribution in [0.4, 0.5) is 24.1 Å². The maximum Gasteiger partial charge on any atom is 0.414 e. The SMILES string of the molecule is [C-]#[N+]C1(c2ccc(-c3c(F)cc(N4C[C@H](Cn5ccnn5)OC4=O)cc3F)cn2)[C@@H]2CN(C(=O)OC(C)(C)C)C[C@@H]21. The van der Waals surface area contributed by atoms with Crippen molar-refractivity contribution in [3.8, 4) is 11.1 Å². The van der Waals surface area contributed by atoms with E-state index in [9.17, 15) is 9.59 Å². The maximum absolute atomic E-state index is 15.2. The Morgan fingerprint density at radius 2 is 1.90 bits per heavy atom. The van der Waals surface area contributed by atoms with Crippen LogP contribution in [0.3, 0.4) is 0 Å². The lowest BCUT2D eigenvalue weighted by atomic mass is 10.0. The average Bonchev–Trinajstić information content (AvgIpc) is 3.41. The molecular formula is C28H27F2N7O4. The van der Waals surface area contributed by atoms with Crippen molar-refractivity contribution in [3.05, 3.63) is 71.6 Å². The molecule has 2 aliphatic heterocycles. The third-order valence-electron chi connectivity index (χ3n) is 7.72. The van der Waals surface area contributed by atoms with E-state index in [1.54, 1.807) is 37.9 Å². The average molecular weight is 564 g/mol. The molecular weight excluding hydrogens is 536 g/mol. The highest BCUT2D eigenvalue weighted by molar-refractivity contribution is 5.90. The molecule has 3 aliphatic rings. The van der Waals surface area contributed by atoms with Gasteiger partial charge in [-0.2, -0.15) is 0 Å². The third kappa shape index (κ3) is 4.63. The number of anilines is 1. The summed E-state index contributed by atoms with van der Waals surface area (Å²) in [5, 5.41) is 7.54. The van der Waals surface area contributed by atoms with Crippen LogP contribution in [0.1, 0.15) is 26.5 Å². The molecule has 1 aromatic carbocycles. The van der Waals surface area contributed by atoms with Crippen molar-refractivity contribution in [3.63, 3.8) is 0 Å². The first-order valence-electron chi connectivity index (χ1n) is 13.1. The molecule has 13 heteroatoms. The molecule has 11 nitrogen and oxygen atoms in total. The summed E-state index contributed by atoms with van der Waals surface area (Å²) >= 11 is 0. The van der Waals surface area contributed by atoms with E-state index in [0.29, 0.717) is 18.8 Å². The highest BCUT2D eigenvalue weighted by Gasteiger charge is 2.78. The lowest BCUT2D eigenvalue weighted by molar-refractivity contribution is 0.0264. The number of halogens is 2. The van der Waals surface area contributed by atoms with Crippen LogP contribution in [0.5, 0.6) is 0 Å². The predicted octanol–water partition coefficient (Wildman–Crippen LogP) is 4.25. The number of likely N-dealkylation sites (tertiary alicyclic amines) is 1. The van der Waals surface area contributed by atoms with Gasteiger partial charge in [0.2, 0.25) is 0 Å². The number of cyclic esters (lactones) is 1. The topological polar surface area (TPSA) is 107 Å². The number of carbonyl (C=O) groups is 2. The normalized spacial score (nSPS) is 25.1. The highest BCUT2D eigenvalue weighted by Crippen LogP contribution is 2.64. The Bertz CT molecular complexity index is 1510. The fourth-order valence-electron chi connectivity index (χ4n) is 5.82. The number of benzene rings is 1. The number of pyridine rings is 1. The summed E-state index contributed by atoms with van der Waals surface area (Å²) < 4.78 is 42.8. The second kappa shape index (κ2) is 9.50. The van der Waals surface area contributed by atoms with Crippen molar-refractivity contribution in [1.82, 2.24) is 24.9 Å². The summed E-state index contributed by atoms with van der Waals surface area (Å²) in [4.78, 5) is 35.9. The molecule has 3 aromatic rings. The number of carbonyl (C=O) groups excluding carboxylic acids is 2. The van der Waals surface area contributed by atoms with Crippen molar-refractivity contribution < 1.29 is 27.8 Å². The smallest absolute Gasteiger partial charge is 0.414 e. The fraction of sp³-hybridized carbons (Fsp3) is 0.429. The minimum atomic E-state index is -0.878. The predicted molar refractivity (Wildman–Crippen MR) is 140 cm³/mol. The monoisotopic (exact) mass is 563 g/mol. The lowest BCUT2D eigenvalue weighted by Crippen LogP contribution is -2.38. The summed E-state index contributed by atoms with van der Waals surface area (Å²) in [5.74, 6) is -1.91. The molecule has 2 saturated heterocycles. The molecule has 1 aliphatic carbocycles. The first-order chi connectivity index (χ1) is 19.5. The number of rotatable bonds is 5. The third-order valence-corrected chi connectivity index (χ3v) is 7.72. The van der Waals surface area contributed by atoms with Crippen molar-refractivity contribution in [1.29, 1.82) is 0 Å². The number of ether oxygens (including phenoxy) is 2. The van der Waals surface area contributed by atoms with Crippen LogP contribution in [0.2, 0.25) is 0 Å².